The van der Waals surface area contributed by atoms with Crippen molar-refractivity contribution in [3.8, 4) is 0 Å². The van der Waals surface area contributed by atoms with Crippen LogP contribution in [-0.4, -0.2) is 20.9 Å². The van der Waals surface area contributed by atoms with Gasteiger partial charge in [-0.15, -0.1) is 0 Å². The third kappa shape index (κ3) is 2.05. The normalized spacial score (nSPS) is 12.7. The summed E-state index contributed by atoms with van der Waals surface area (Å²) in [5.41, 5.74) is 10.3. The molecule has 4 nitrogen and oxygen atoms in total. The fourth-order valence-corrected chi connectivity index (χ4v) is 3.12. The lowest BCUT2D eigenvalue weighted by molar-refractivity contribution is 0.591. The SMILES string of the molecule is CC(C)(C)c1ccc2c(c1)nc1[nH]c(CCN)c(Br)n12. The van der Waals surface area contributed by atoms with Gasteiger partial charge >= 0.3 is 0 Å². The summed E-state index contributed by atoms with van der Waals surface area (Å²) in [4.78, 5) is 8.03. The molecule has 2 heterocycles. The second-order valence-corrected chi connectivity index (χ2v) is 6.91. The molecule has 0 aliphatic heterocycles. The maximum absolute atomic E-state index is 5.63. The molecule has 3 N–H and O–H groups in total. The van der Waals surface area contributed by atoms with Crippen LogP contribution in [0.4, 0.5) is 0 Å². The van der Waals surface area contributed by atoms with E-state index in [1.807, 2.05) is 0 Å². The van der Waals surface area contributed by atoms with Crippen LogP contribution >= 0.6 is 15.9 Å². The molecule has 0 atom stereocenters. The molecule has 0 aliphatic rings. The van der Waals surface area contributed by atoms with Gasteiger partial charge in [0.2, 0.25) is 5.78 Å². The van der Waals surface area contributed by atoms with Crippen LogP contribution < -0.4 is 5.73 Å². The molecule has 106 valence electrons. The number of hydrogen-bond donors (Lipinski definition) is 2. The second kappa shape index (κ2) is 4.60. The van der Waals surface area contributed by atoms with Crippen LogP contribution in [-0.2, 0) is 11.8 Å². The van der Waals surface area contributed by atoms with Crippen LogP contribution in [0.5, 0.6) is 0 Å². The summed E-state index contributed by atoms with van der Waals surface area (Å²) in [6.45, 7) is 7.26. The highest BCUT2D eigenvalue weighted by molar-refractivity contribution is 9.10. The van der Waals surface area contributed by atoms with Crippen molar-refractivity contribution < 1.29 is 0 Å². The van der Waals surface area contributed by atoms with Gasteiger partial charge in [0.25, 0.3) is 0 Å². The Balaban J connectivity index is 2.23. The van der Waals surface area contributed by atoms with Crippen molar-refractivity contribution in [3.63, 3.8) is 0 Å². The first-order valence-corrected chi connectivity index (χ1v) is 7.60. The van der Waals surface area contributed by atoms with E-state index < -0.39 is 0 Å². The fraction of sp³-hybridized carbons (Fsp3) is 0.400. The third-order valence-electron chi connectivity index (χ3n) is 3.62. The van der Waals surface area contributed by atoms with Crippen molar-refractivity contribution in [1.29, 1.82) is 0 Å². The lowest BCUT2D eigenvalue weighted by atomic mass is 9.87. The molecule has 1 aromatic carbocycles. The Morgan fingerprint density at radius 3 is 2.75 bits per heavy atom. The number of benzene rings is 1. The Morgan fingerprint density at radius 1 is 1.35 bits per heavy atom. The summed E-state index contributed by atoms with van der Waals surface area (Å²) in [5, 5.41) is 0. The topological polar surface area (TPSA) is 59.1 Å². The van der Waals surface area contributed by atoms with Gasteiger partial charge in [0, 0.05) is 6.42 Å². The van der Waals surface area contributed by atoms with Crippen LogP contribution in [0.2, 0.25) is 0 Å². The maximum atomic E-state index is 5.63. The lowest BCUT2D eigenvalue weighted by Crippen LogP contribution is -2.10. The molecule has 0 bridgehead atoms. The minimum absolute atomic E-state index is 0.132. The van der Waals surface area contributed by atoms with Crippen LogP contribution in [0.1, 0.15) is 32.0 Å². The van der Waals surface area contributed by atoms with Crippen LogP contribution in [0.3, 0.4) is 0 Å². The summed E-state index contributed by atoms with van der Waals surface area (Å²) < 4.78 is 3.12. The molecule has 0 saturated carbocycles. The smallest absolute Gasteiger partial charge is 0.213 e. The summed E-state index contributed by atoms with van der Waals surface area (Å²) >= 11 is 3.65. The van der Waals surface area contributed by atoms with E-state index >= 15 is 0 Å². The Bertz CT molecular complexity index is 776. The van der Waals surface area contributed by atoms with E-state index in [1.165, 1.54) is 5.56 Å². The predicted octanol–water partition coefficient (Wildman–Crippen LogP) is 3.38. The van der Waals surface area contributed by atoms with Gasteiger partial charge in [-0.3, -0.25) is 4.40 Å². The number of rotatable bonds is 2. The number of nitrogens with two attached hydrogens (primary N) is 1. The van der Waals surface area contributed by atoms with Crippen molar-refractivity contribution in [2.45, 2.75) is 32.6 Å². The van der Waals surface area contributed by atoms with Gasteiger partial charge in [-0.25, -0.2) is 4.98 Å². The zero-order valence-electron chi connectivity index (χ0n) is 12.0. The first-order chi connectivity index (χ1) is 9.41. The van der Waals surface area contributed by atoms with Gasteiger partial charge in [-0.05, 0) is 45.6 Å². The predicted molar refractivity (Wildman–Crippen MR) is 86.2 cm³/mol. The zero-order valence-corrected chi connectivity index (χ0v) is 13.6. The van der Waals surface area contributed by atoms with Crippen LogP contribution in [0, 0.1) is 0 Å². The van der Waals surface area contributed by atoms with E-state index in [0.717, 1.165) is 33.5 Å². The molecule has 0 aliphatic carbocycles. The van der Waals surface area contributed by atoms with E-state index in [1.54, 1.807) is 0 Å². The second-order valence-electron chi connectivity index (χ2n) is 6.16. The van der Waals surface area contributed by atoms with Crippen LogP contribution in [0.15, 0.2) is 22.8 Å². The number of imidazole rings is 2. The Kier molecular flexibility index (Phi) is 3.14. The van der Waals surface area contributed by atoms with E-state index in [9.17, 15) is 0 Å². The number of nitrogens with zero attached hydrogens (tertiary/aromatic N) is 2. The van der Waals surface area contributed by atoms with Gasteiger partial charge in [-0.1, -0.05) is 26.8 Å². The fourth-order valence-electron chi connectivity index (χ4n) is 2.46. The first kappa shape index (κ1) is 13.6. The highest BCUT2D eigenvalue weighted by atomic mass is 79.9. The molecule has 0 amide bonds. The van der Waals surface area contributed by atoms with Crippen molar-refractivity contribution >= 4 is 32.7 Å². The molecule has 0 fully saturated rings. The number of fused-ring (bicyclic) bond motifs is 3. The summed E-state index contributed by atoms with van der Waals surface area (Å²) in [7, 11) is 0. The number of nitrogens with one attached hydrogen (secondary N) is 1. The maximum Gasteiger partial charge on any atom is 0.213 e. The molecule has 0 unspecified atom stereocenters. The quantitative estimate of drug-likeness (QED) is 0.754. The molecular formula is C15H19BrN4. The number of aromatic nitrogens is 3. The number of halogens is 1. The minimum Gasteiger partial charge on any atom is -0.330 e. The zero-order chi connectivity index (χ0) is 14.5. The van der Waals surface area contributed by atoms with Crippen molar-refractivity contribution in [2.24, 2.45) is 5.73 Å². The largest absolute Gasteiger partial charge is 0.330 e. The summed E-state index contributed by atoms with van der Waals surface area (Å²) in [6, 6.07) is 6.49. The molecule has 3 aromatic rings. The van der Waals surface area contributed by atoms with Gasteiger partial charge in [0.15, 0.2) is 0 Å². The molecule has 2 aromatic heterocycles. The molecular weight excluding hydrogens is 316 g/mol. The van der Waals surface area contributed by atoms with Crippen LogP contribution in [0.25, 0.3) is 16.8 Å². The highest BCUT2D eigenvalue weighted by Crippen LogP contribution is 2.29. The molecule has 0 spiro atoms. The average Bonchev–Trinajstić information content (AvgIpc) is 2.86. The van der Waals surface area contributed by atoms with Gasteiger partial charge < -0.3 is 10.7 Å². The van der Waals surface area contributed by atoms with Crippen molar-refractivity contribution in [1.82, 2.24) is 14.4 Å². The van der Waals surface area contributed by atoms with E-state index in [-0.39, 0.29) is 5.41 Å². The molecule has 5 heteroatoms. The highest BCUT2D eigenvalue weighted by Gasteiger charge is 2.17. The van der Waals surface area contributed by atoms with Gasteiger partial charge in [0.05, 0.1) is 16.7 Å². The Labute approximate surface area is 126 Å². The monoisotopic (exact) mass is 334 g/mol. The first-order valence-electron chi connectivity index (χ1n) is 6.81. The van der Waals surface area contributed by atoms with Crippen molar-refractivity contribution in [3.05, 3.63) is 34.1 Å². The molecule has 0 saturated heterocycles. The summed E-state index contributed by atoms with van der Waals surface area (Å²) in [6.07, 6.45) is 0.811. The number of H-pyrrole nitrogens is 1. The minimum atomic E-state index is 0.132. The average molecular weight is 335 g/mol. The number of hydrogen-bond acceptors (Lipinski definition) is 2. The van der Waals surface area contributed by atoms with Gasteiger partial charge in [-0.2, -0.15) is 0 Å². The molecule has 0 radical (unpaired) electrons. The van der Waals surface area contributed by atoms with Gasteiger partial charge in [0.1, 0.15) is 4.60 Å². The Hall–Kier alpha value is -1.33. The Morgan fingerprint density at radius 2 is 2.10 bits per heavy atom. The standard InChI is InChI=1S/C15H19BrN4/c1-15(2,3)9-4-5-12-11(8-9)19-14-18-10(6-7-17)13(16)20(12)14/h4-5,8H,6-7,17H2,1-3H3,(H,18,19). The van der Waals surface area contributed by atoms with Crippen molar-refractivity contribution in [2.75, 3.05) is 6.54 Å². The number of aromatic amines is 1. The molecule has 20 heavy (non-hydrogen) atoms. The lowest BCUT2D eigenvalue weighted by Gasteiger charge is -2.18. The third-order valence-corrected chi connectivity index (χ3v) is 4.46. The van der Waals surface area contributed by atoms with E-state index in [4.69, 9.17) is 5.73 Å². The van der Waals surface area contributed by atoms with E-state index in [2.05, 4.69) is 69.3 Å². The summed E-state index contributed by atoms with van der Waals surface area (Å²) in [5.74, 6) is 0.862. The van der Waals surface area contributed by atoms with E-state index in [0.29, 0.717) is 6.54 Å². The molecule has 3 rings (SSSR count).